The Bertz CT molecular complexity index is 452. The summed E-state index contributed by atoms with van der Waals surface area (Å²) in [4.78, 5) is 23.2. The van der Waals surface area contributed by atoms with Gasteiger partial charge in [-0.25, -0.2) is 4.79 Å². The third-order valence-corrected chi connectivity index (χ3v) is 2.88. The Morgan fingerprint density at radius 1 is 1.21 bits per heavy atom. The Labute approximate surface area is 112 Å². The zero-order chi connectivity index (χ0) is 14.6. The minimum Gasteiger partial charge on any atom is -0.479 e. The van der Waals surface area contributed by atoms with E-state index >= 15 is 0 Å². The zero-order valence-corrected chi connectivity index (χ0v) is 11.4. The first-order valence-electron chi connectivity index (χ1n) is 6.07. The molecule has 0 heterocycles. The number of hydrogen-bond donors (Lipinski definition) is 3. The molecule has 0 saturated heterocycles. The van der Waals surface area contributed by atoms with Crippen LogP contribution in [0.15, 0.2) is 30.3 Å². The number of nitrogens with one attached hydrogen (secondary N) is 1. The van der Waals surface area contributed by atoms with E-state index in [-0.39, 0.29) is 0 Å². The van der Waals surface area contributed by atoms with E-state index in [0.717, 1.165) is 0 Å². The molecule has 104 valence electrons. The number of nitrogens with two attached hydrogens (primary N) is 1. The fourth-order valence-electron chi connectivity index (χ4n) is 1.56. The quantitative estimate of drug-likeness (QED) is 0.764. The SMILES string of the molecule is CC(C)(C)[C@H](N)C(=O)N[C@@H](C(=O)O)c1ccccc1. The number of carbonyl (C=O) groups excluding carboxylic acids is 1. The highest BCUT2D eigenvalue weighted by atomic mass is 16.4. The Morgan fingerprint density at radius 3 is 2.16 bits per heavy atom. The lowest BCUT2D eigenvalue weighted by Crippen LogP contribution is -2.50. The second kappa shape index (κ2) is 5.84. The molecule has 0 aliphatic carbocycles. The average molecular weight is 264 g/mol. The van der Waals surface area contributed by atoms with Gasteiger partial charge in [-0.3, -0.25) is 4.79 Å². The lowest BCUT2D eigenvalue weighted by atomic mass is 9.86. The Balaban J connectivity index is 2.87. The van der Waals surface area contributed by atoms with E-state index in [1.54, 1.807) is 30.3 Å². The molecule has 1 aromatic carbocycles. The van der Waals surface area contributed by atoms with Crippen molar-refractivity contribution >= 4 is 11.9 Å². The van der Waals surface area contributed by atoms with Gasteiger partial charge in [-0.2, -0.15) is 0 Å². The van der Waals surface area contributed by atoms with Crippen LogP contribution in [0.5, 0.6) is 0 Å². The molecule has 1 aromatic rings. The van der Waals surface area contributed by atoms with Crippen molar-refractivity contribution in [3.05, 3.63) is 35.9 Å². The summed E-state index contributed by atoms with van der Waals surface area (Å²) in [6.07, 6.45) is 0. The topological polar surface area (TPSA) is 92.4 Å². The Morgan fingerprint density at radius 2 is 1.74 bits per heavy atom. The van der Waals surface area contributed by atoms with Crippen molar-refractivity contribution in [3.8, 4) is 0 Å². The normalized spacial score (nSPS) is 14.5. The first kappa shape index (κ1) is 15.2. The van der Waals surface area contributed by atoms with Crippen molar-refractivity contribution in [1.29, 1.82) is 0 Å². The zero-order valence-electron chi connectivity index (χ0n) is 11.4. The number of hydrogen-bond acceptors (Lipinski definition) is 3. The maximum absolute atomic E-state index is 12.0. The van der Waals surface area contributed by atoms with Crippen LogP contribution in [0.1, 0.15) is 32.4 Å². The van der Waals surface area contributed by atoms with Gasteiger partial charge in [-0.1, -0.05) is 51.1 Å². The Kier molecular flexibility index (Phi) is 4.67. The minimum atomic E-state index is -1.11. The minimum absolute atomic E-state index is 0.427. The predicted octanol–water partition coefficient (Wildman–Crippen LogP) is 1.30. The summed E-state index contributed by atoms with van der Waals surface area (Å²) in [6.45, 7) is 5.49. The van der Waals surface area contributed by atoms with Crippen LogP contribution in [0.3, 0.4) is 0 Å². The van der Waals surface area contributed by atoms with Gasteiger partial charge in [0.25, 0.3) is 0 Å². The van der Waals surface area contributed by atoms with Gasteiger partial charge >= 0.3 is 5.97 Å². The van der Waals surface area contributed by atoms with Gasteiger partial charge in [0.1, 0.15) is 0 Å². The highest BCUT2D eigenvalue weighted by molar-refractivity contribution is 5.87. The first-order chi connectivity index (χ1) is 8.73. The molecule has 1 amide bonds. The molecule has 0 aromatic heterocycles. The molecule has 0 radical (unpaired) electrons. The van der Waals surface area contributed by atoms with Crippen molar-refractivity contribution in [3.63, 3.8) is 0 Å². The van der Waals surface area contributed by atoms with Crippen LogP contribution in [-0.2, 0) is 9.59 Å². The van der Waals surface area contributed by atoms with E-state index in [1.165, 1.54) is 0 Å². The molecule has 0 aliphatic rings. The molecule has 0 spiro atoms. The molecule has 5 nitrogen and oxygen atoms in total. The molecule has 0 fully saturated rings. The fraction of sp³-hybridized carbons (Fsp3) is 0.429. The van der Waals surface area contributed by atoms with Gasteiger partial charge in [-0.15, -0.1) is 0 Å². The molecule has 2 atom stereocenters. The third-order valence-electron chi connectivity index (χ3n) is 2.88. The lowest BCUT2D eigenvalue weighted by Gasteiger charge is -2.27. The average Bonchev–Trinajstić information content (AvgIpc) is 2.34. The van der Waals surface area contributed by atoms with E-state index in [9.17, 15) is 14.7 Å². The summed E-state index contributed by atoms with van der Waals surface area (Å²) >= 11 is 0. The lowest BCUT2D eigenvalue weighted by molar-refractivity contribution is -0.142. The van der Waals surface area contributed by atoms with Crippen molar-refractivity contribution < 1.29 is 14.7 Å². The summed E-state index contributed by atoms with van der Waals surface area (Å²) in [5.41, 5.74) is 5.91. The molecule has 5 heteroatoms. The predicted molar refractivity (Wildman–Crippen MR) is 72.4 cm³/mol. The van der Waals surface area contributed by atoms with Crippen molar-refractivity contribution in [1.82, 2.24) is 5.32 Å². The van der Waals surface area contributed by atoms with E-state index < -0.39 is 29.4 Å². The number of aliphatic carboxylic acids is 1. The summed E-state index contributed by atoms with van der Waals surface area (Å²) in [5, 5.41) is 11.7. The van der Waals surface area contributed by atoms with E-state index in [4.69, 9.17) is 5.73 Å². The van der Waals surface area contributed by atoms with Gasteiger partial charge in [0, 0.05) is 0 Å². The largest absolute Gasteiger partial charge is 0.479 e. The molecule has 19 heavy (non-hydrogen) atoms. The van der Waals surface area contributed by atoms with E-state index in [0.29, 0.717) is 5.56 Å². The highest BCUT2D eigenvalue weighted by Gasteiger charge is 2.31. The second-order valence-corrected chi connectivity index (χ2v) is 5.53. The first-order valence-corrected chi connectivity index (χ1v) is 6.07. The maximum atomic E-state index is 12.0. The Hall–Kier alpha value is -1.88. The number of benzene rings is 1. The molecule has 4 N–H and O–H groups in total. The molecule has 0 aliphatic heterocycles. The summed E-state index contributed by atoms with van der Waals surface area (Å²) < 4.78 is 0. The second-order valence-electron chi connectivity index (χ2n) is 5.53. The fourth-order valence-corrected chi connectivity index (χ4v) is 1.56. The summed E-state index contributed by atoms with van der Waals surface area (Å²) in [5.74, 6) is -1.58. The van der Waals surface area contributed by atoms with E-state index in [2.05, 4.69) is 5.32 Å². The van der Waals surface area contributed by atoms with Crippen LogP contribution >= 0.6 is 0 Å². The smallest absolute Gasteiger partial charge is 0.330 e. The number of carbonyl (C=O) groups is 2. The monoisotopic (exact) mass is 264 g/mol. The summed E-state index contributed by atoms with van der Waals surface area (Å²) in [6, 6.07) is 6.69. The maximum Gasteiger partial charge on any atom is 0.330 e. The summed E-state index contributed by atoms with van der Waals surface area (Å²) in [7, 11) is 0. The molecule has 0 unspecified atom stereocenters. The van der Waals surface area contributed by atoms with Crippen LogP contribution in [0.2, 0.25) is 0 Å². The van der Waals surface area contributed by atoms with E-state index in [1.807, 2.05) is 20.8 Å². The molecular formula is C14H20N2O3. The van der Waals surface area contributed by atoms with Crippen LogP contribution in [0.4, 0.5) is 0 Å². The van der Waals surface area contributed by atoms with Crippen LogP contribution in [0, 0.1) is 5.41 Å². The van der Waals surface area contributed by atoms with Crippen molar-refractivity contribution in [2.75, 3.05) is 0 Å². The highest BCUT2D eigenvalue weighted by Crippen LogP contribution is 2.19. The van der Waals surface area contributed by atoms with Gasteiger partial charge in [-0.05, 0) is 11.0 Å². The molecule has 1 rings (SSSR count). The van der Waals surface area contributed by atoms with Gasteiger partial charge in [0.15, 0.2) is 6.04 Å². The molecule has 0 bridgehead atoms. The standard InChI is InChI=1S/C14H20N2O3/c1-14(2,3)11(15)12(17)16-10(13(18)19)9-7-5-4-6-8-9/h4-8,10-11H,15H2,1-3H3,(H,16,17)(H,18,19)/t10-,11-/m1/s1. The van der Waals surface area contributed by atoms with Gasteiger partial charge < -0.3 is 16.2 Å². The van der Waals surface area contributed by atoms with Gasteiger partial charge in [0.05, 0.1) is 6.04 Å². The third kappa shape index (κ3) is 4.06. The van der Waals surface area contributed by atoms with Gasteiger partial charge in [0.2, 0.25) is 5.91 Å². The van der Waals surface area contributed by atoms with Crippen LogP contribution in [-0.4, -0.2) is 23.0 Å². The number of carboxylic acids is 1. The number of rotatable bonds is 4. The molecule has 0 saturated carbocycles. The van der Waals surface area contributed by atoms with Crippen LogP contribution < -0.4 is 11.1 Å². The molecular weight excluding hydrogens is 244 g/mol. The van der Waals surface area contributed by atoms with Crippen LogP contribution in [0.25, 0.3) is 0 Å². The number of amides is 1. The van der Waals surface area contributed by atoms with Crippen molar-refractivity contribution in [2.24, 2.45) is 11.1 Å². The number of carboxylic acid groups (broad SMARTS) is 1. The van der Waals surface area contributed by atoms with Crippen molar-refractivity contribution in [2.45, 2.75) is 32.9 Å².